The average Bonchev–Trinajstić information content (AvgIpc) is 3.00. The molecule has 2 aliphatic heterocycles. The molecule has 2 aromatic rings. The number of hydrogen-bond acceptors (Lipinski definition) is 5. The quantitative estimate of drug-likeness (QED) is 0.199. The molecule has 0 bridgehead atoms. The second kappa shape index (κ2) is 17.3. The Labute approximate surface area is 284 Å². The molecular weight excluding hydrogens is 599 g/mol. The van der Waals surface area contributed by atoms with Crippen LogP contribution < -0.4 is 10.6 Å². The summed E-state index contributed by atoms with van der Waals surface area (Å²) in [5, 5.41) is 8.72. The number of nitrogens with one attached hydrogen (secondary N) is 2. The first-order valence-electron chi connectivity index (χ1n) is 17.5. The number of halogens is 2. The van der Waals surface area contributed by atoms with Crippen molar-refractivity contribution in [1.29, 1.82) is 0 Å². The Morgan fingerprint density at radius 3 is 1.36 bits per heavy atom. The molecule has 7 heteroatoms. The lowest BCUT2D eigenvalue weighted by atomic mass is 9.80. The molecule has 5 nitrogen and oxygen atoms in total. The number of hydrogen-bond donors (Lipinski definition) is 2. The van der Waals surface area contributed by atoms with Crippen LogP contribution in [0, 0.1) is 0 Å². The number of piperazine rings is 2. The van der Waals surface area contributed by atoms with E-state index in [1.807, 2.05) is 0 Å². The Morgan fingerprint density at radius 2 is 1.00 bits per heavy atom. The van der Waals surface area contributed by atoms with Crippen molar-refractivity contribution >= 4 is 23.2 Å². The van der Waals surface area contributed by atoms with Crippen molar-refractivity contribution in [2.24, 2.45) is 0 Å². The third-order valence-corrected chi connectivity index (χ3v) is 10.1. The Hall–Kier alpha value is -1.18. The van der Waals surface area contributed by atoms with Crippen molar-refractivity contribution in [1.82, 2.24) is 20.4 Å². The van der Waals surface area contributed by atoms with E-state index in [1.54, 1.807) is 0 Å². The highest BCUT2D eigenvalue weighted by molar-refractivity contribution is 6.31. The van der Waals surface area contributed by atoms with Crippen LogP contribution in [0.15, 0.2) is 36.4 Å². The molecule has 2 unspecified atom stereocenters. The number of benzene rings is 2. The summed E-state index contributed by atoms with van der Waals surface area (Å²) in [5.41, 5.74) is 5.76. The van der Waals surface area contributed by atoms with Gasteiger partial charge in [0.15, 0.2) is 0 Å². The lowest BCUT2D eigenvalue weighted by molar-refractivity contribution is 0.114. The molecule has 252 valence electrons. The molecule has 0 saturated carbocycles. The second-order valence-corrected chi connectivity index (χ2v) is 16.0. The Morgan fingerprint density at radius 1 is 0.622 bits per heavy atom. The van der Waals surface area contributed by atoms with Crippen molar-refractivity contribution in [2.75, 3.05) is 65.6 Å². The summed E-state index contributed by atoms with van der Waals surface area (Å²) in [4.78, 5) is 5.35. The standard InChI is InChI=1S/C38H60Cl2N4O/c1-37(2,3)33-27-29(39)13-15-31(33)35(43-21-17-41-18-22-43)11-7-9-25-45-26-10-8-12-36(44-23-19-42-20-24-44)32-16-14-30(40)28-34(32)38(4,5)6/h13-16,27-28,35-36,41-42H,7-12,17-26H2,1-6H3. The monoisotopic (exact) mass is 658 g/mol. The molecule has 2 aromatic carbocycles. The topological polar surface area (TPSA) is 39.8 Å². The highest BCUT2D eigenvalue weighted by atomic mass is 35.5. The summed E-state index contributed by atoms with van der Waals surface area (Å²) in [7, 11) is 0. The second-order valence-electron chi connectivity index (χ2n) is 15.2. The van der Waals surface area contributed by atoms with Crippen LogP contribution in [0.1, 0.15) is 114 Å². The van der Waals surface area contributed by atoms with Crippen LogP contribution in [0.5, 0.6) is 0 Å². The van der Waals surface area contributed by atoms with Crippen LogP contribution in [0.25, 0.3) is 0 Å². The summed E-state index contributed by atoms with van der Waals surface area (Å²) in [6.45, 7) is 24.1. The lowest BCUT2D eigenvalue weighted by Gasteiger charge is -2.38. The molecule has 0 amide bonds. The van der Waals surface area contributed by atoms with Gasteiger partial charge in [0, 0.05) is 87.7 Å². The minimum Gasteiger partial charge on any atom is -0.381 e. The van der Waals surface area contributed by atoms with E-state index >= 15 is 0 Å². The van der Waals surface area contributed by atoms with Gasteiger partial charge in [0.25, 0.3) is 0 Å². The molecule has 2 fully saturated rings. The van der Waals surface area contributed by atoms with Gasteiger partial charge in [0.1, 0.15) is 0 Å². The Kier molecular flexibility index (Phi) is 14.1. The zero-order valence-electron chi connectivity index (χ0n) is 29.0. The first-order chi connectivity index (χ1) is 21.4. The number of unbranched alkanes of at least 4 members (excludes halogenated alkanes) is 2. The maximum atomic E-state index is 6.48. The highest BCUT2D eigenvalue weighted by Gasteiger charge is 2.29. The zero-order valence-corrected chi connectivity index (χ0v) is 30.5. The van der Waals surface area contributed by atoms with Gasteiger partial charge in [-0.3, -0.25) is 9.80 Å². The SMILES string of the molecule is CC(C)(C)c1cc(Cl)ccc1C(CCCCOCCCCC(c1ccc(Cl)cc1C(C)(C)C)N1CCNCC1)N1CCNCC1. The van der Waals surface area contributed by atoms with Crippen molar-refractivity contribution in [3.05, 3.63) is 68.7 Å². The third-order valence-electron chi connectivity index (χ3n) is 9.58. The maximum absolute atomic E-state index is 6.48. The molecule has 2 atom stereocenters. The minimum atomic E-state index is 0.0569. The van der Waals surface area contributed by atoms with E-state index in [9.17, 15) is 0 Å². The fourth-order valence-corrected chi connectivity index (χ4v) is 7.52. The van der Waals surface area contributed by atoms with Crippen LogP contribution in [-0.2, 0) is 15.6 Å². The maximum Gasteiger partial charge on any atom is 0.0466 e. The molecule has 0 spiro atoms. The van der Waals surface area contributed by atoms with Crippen molar-refractivity contribution < 1.29 is 4.74 Å². The lowest BCUT2D eigenvalue weighted by Crippen LogP contribution is -2.45. The van der Waals surface area contributed by atoms with Gasteiger partial charge in [-0.1, -0.05) is 76.9 Å². The molecule has 0 radical (unpaired) electrons. The third kappa shape index (κ3) is 10.9. The molecule has 2 aliphatic rings. The van der Waals surface area contributed by atoms with Gasteiger partial charge in [-0.05, 0) is 95.9 Å². The normalized spacial score (nSPS) is 18.7. The van der Waals surface area contributed by atoms with E-state index < -0.39 is 0 Å². The van der Waals surface area contributed by atoms with Crippen LogP contribution in [0.3, 0.4) is 0 Å². The molecule has 2 saturated heterocycles. The molecule has 45 heavy (non-hydrogen) atoms. The van der Waals surface area contributed by atoms with E-state index in [2.05, 4.69) is 98.4 Å². The molecule has 0 aromatic heterocycles. The fraction of sp³-hybridized carbons (Fsp3) is 0.684. The highest BCUT2D eigenvalue weighted by Crippen LogP contribution is 2.38. The van der Waals surface area contributed by atoms with E-state index in [-0.39, 0.29) is 10.8 Å². The van der Waals surface area contributed by atoms with E-state index in [4.69, 9.17) is 27.9 Å². The van der Waals surface area contributed by atoms with Gasteiger partial charge in [-0.2, -0.15) is 0 Å². The number of ether oxygens (including phenoxy) is 1. The summed E-state index contributed by atoms with van der Waals surface area (Å²) < 4.78 is 6.20. The number of rotatable bonds is 14. The first kappa shape index (κ1) is 36.7. The molecule has 0 aliphatic carbocycles. The van der Waals surface area contributed by atoms with E-state index in [1.165, 1.54) is 22.3 Å². The summed E-state index contributed by atoms with van der Waals surface area (Å²) >= 11 is 13.0. The number of nitrogens with zero attached hydrogens (tertiary/aromatic N) is 2. The largest absolute Gasteiger partial charge is 0.381 e. The fourth-order valence-electron chi connectivity index (χ4n) is 7.18. The summed E-state index contributed by atoms with van der Waals surface area (Å²) in [6, 6.07) is 14.0. The Balaban J connectivity index is 1.27. The molecule has 4 rings (SSSR count). The van der Waals surface area contributed by atoms with Gasteiger partial charge in [0.05, 0.1) is 0 Å². The predicted molar refractivity (Wildman–Crippen MR) is 193 cm³/mol. The molecule has 2 N–H and O–H groups in total. The molecular formula is C38H60Cl2N4O. The predicted octanol–water partition coefficient (Wildman–Crippen LogP) is 8.54. The van der Waals surface area contributed by atoms with Gasteiger partial charge in [-0.15, -0.1) is 0 Å². The Bertz CT molecular complexity index is 1090. The molecule has 2 heterocycles. The summed E-state index contributed by atoms with van der Waals surface area (Å²) in [6.07, 6.45) is 6.83. The summed E-state index contributed by atoms with van der Waals surface area (Å²) in [5.74, 6) is 0. The van der Waals surface area contributed by atoms with Crippen LogP contribution in [0.4, 0.5) is 0 Å². The minimum absolute atomic E-state index is 0.0569. The van der Waals surface area contributed by atoms with Gasteiger partial charge < -0.3 is 15.4 Å². The first-order valence-corrected chi connectivity index (χ1v) is 18.3. The van der Waals surface area contributed by atoms with Crippen molar-refractivity contribution in [3.8, 4) is 0 Å². The van der Waals surface area contributed by atoms with E-state index in [0.29, 0.717) is 12.1 Å². The van der Waals surface area contributed by atoms with Gasteiger partial charge in [-0.25, -0.2) is 0 Å². The van der Waals surface area contributed by atoms with Gasteiger partial charge in [0.2, 0.25) is 0 Å². The van der Waals surface area contributed by atoms with Gasteiger partial charge >= 0.3 is 0 Å². The van der Waals surface area contributed by atoms with Crippen molar-refractivity contribution in [3.63, 3.8) is 0 Å². The smallest absolute Gasteiger partial charge is 0.0466 e. The average molecular weight is 660 g/mol. The van der Waals surface area contributed by atoms with Crippen LogP contribution in [0.2, 0.25) is 10.0 Å². The van der Waals surface area contributed by atoms with E-state index in [0.717, 1.165) is 114 Å². The van der Waals surface area contributed by atoms with Crippen LogP contribution in [-0.4, -0.2) is 75.4 Å². The van der Waals surface area contributed by atoms with Crippen LogP contribution >= 0.6 is 23.2 Å². The van der Waals surface area contributed by atoms with Crippen molar-refractivity contribution in [2.45, 2.75) is 103 Å². The zero-order chi connectivity index (χ0) is 32.5.